The molecule has 1 heterocycles. The van der Waals surface area contributed by atoms with Crippen LogP contribution in [0.4, 0.5) is 26.3 Å². The maximum Gasteiger partial charge on any atom is 0.573 e. The van der Waals surface area contributed by atoms with Crippen LogP contribution in [0.3, 0.4) is 0 Å². The highest BCUT2D eigenvalue weighted by molar-refractivity contribution is 5.86. The monoisotopic (exact) mass is 345 g/mol. The van der Waals surface area contributed by atoms with E-state index < -0.39 is 18.1 Å². The van der Waals surface area contributed by atoms with Crippen LogP contribution in [0.2, 0.25) is 0 Å². The summed E-state index contributed by atoms with van der Waals surface area (Å²) in [4.78, 5) is 2.93. The second-order valence-corrected chi connectivity index (χ2v) is 5.05. The maximum absolute atomic E-state index is 12.7. The van der Waals surface area contributed by atoms with Crippen LogP contribution in [0.25, 0.3) is 22.2 Å². The zero-order chi connectivity index (χ0) is 17.5. The van der Waals surface area contributed by atoms with Crippen molar-refractivity contribution in [2.24, 2.45) is 0 Å². The standard InChI is InChI=1S/C16H9F6NO/c17-15(18,19)11-3-6-13-10(7-11)8-14(23-13)9-1-4-12(5-2-9)24-16(20,21)22/h1-8,23H. The molecule has 126 valence electrons. The number of hydrogen-bond acceptors (Lipinski definition) is 1. The van der Waals surface area contributed by atoms with Gasteiger partial charge in [0.1, 0.15) is 5.75 Å². The van der Waals surface area contributed by atoms with E-state index in [1.54, 1.807) is 0 Å². The average Bonchev–Trinajstić information content (AvgIpc) is 2.88. The maximum atomic E-state index is 12.7. The van der Waals surface area contributed by atoms with Crippen LogP contribution >= 0.6 is 0 Å². The van der Waals surface area contributed by atoms with E-state index in [1.807, 2.05) is 0 Å². The van der Waals surface area contributed by atoms with Crippen LogP contribution in [0.1, 0.15) is 5.56 Å². The van der Waals surface area contributed by atoms with Crippen LogP contribution in [0.5, 0.6) is 5.75 Å². The van der Waals surface area contributed by atoms with Crippen LogP contribution in [0.15, 0.2) is 48.5 Å². The minimum absolute atomic E-state index is 0.357. The third-order valence-electron chi connectivity index (χ3n) is 3.35. The lowest BCUT2D eigenvalue weighted by molar-refractivity contribution is -0.274. The summed E-state index contributed by atoms with van der Waals surface area (Å²) in [5, 5.41) is 0.357. The summed E-state index contributed by atoms with van der Waals surface area (Å²) in [5.74, 6) is -0.373. The fraction of sp³-hybridized carbons (Fsp3) is 0.125. The first-order valence-corrected chi connectivity index (χ1v) is 6.68. The minimum atomic E-state index is -4.78. The third kappa shape index (κ3) is 3.47. The molecule has 0 aliphatic heterocycles. The topological polar surface area (TPSA) is 25.0 Å². The Bertz CT molecular complexity index is 861. The fourth-order valence-electron chi connectivity index (χ4n) is 2.30. The predicted molar refractivity (Wildman–Crippen MR) is 75.4 cm³/mol. The van der Waals surface area contributed by atoms with E-state index in [2.05, 4.69) is 9.72 Å². The highest BCUT2D eigenvalue weighted by Crippen LogP contribution is 2.33. The first kappa shape index (κ1) is 16.2. The number of aromatic amines is 1. The number of hydrogen-bond donors (Lipinski definition) is 1. The van der Waals surface area contributed by atoms with Crippen molar-refractivity contribution in [3.8, 4) is 17.0 Å². The fourth-order valence-corrected chi connectivity index (χ4v) is 2.30. The van der Waals surface area contributed by atoms with Gasteiger partial charge in [-0.2, -0.15) is 13.2 Å². The minimum Gasteiger partial charge on any atom is -0.406 e. The Balaban J connectivity index is 1.92. The van der Waals surface area contributed by atoms with Crippen molar-refractivity contribution in [3.63, 3.8) is 0 Å². The first-order chi connectivity index (χ1) is 11.1. The molecule has 2 nitrogen and oxygen atoms in total. The van der Waals surface area contributed by atoms with E-state index in [4.69, 9.17) is 0 Å². The number of ether oxygens (including phenoxy) is 1. The van der Waals surface area contributed by atoms with Crippen molar-refractivity contribution in [1.82, 2.24) is 4.98 Å². The molecule has 24 heavy (non-hydrogen) atoms. The van der Waals surface area contributed by atoms with Crippen molar-refractivity contribution in [3.05, 3.63) is 54.1 Å². The van der Waals surface area contributed by atoms with Crippen molar-refractivity contribution >= 4 is 10.9 Å². The SMILES string of the molecule is FC(F)(F)Oc1ccc(-c2cc3cc(C(F)(F)F)ccc3[nH]2)cc1. The number of fused-ring (bicyclic) bond motifs is 1. The first-order valence-electron chi connectivity index (χ1n) is 6.68. The highest BCUT2D eigenvalue weighted by atomic mass is 19.4. The van der Waals surface area contributed by atoms with E-state index >= 15 is 0 Å². The number of H-pyrrole nitrogens is 1. The summed E-state index contributed by atoms with van der Waals surface area (Å²) in [6.45, 7) is 0. The normalized spacial score (nSPS) is 12.6. The van der Waals surface area contributed by atoms with Gasteiger partial charge in [-0.1, -0.05) is 0 Å². The third-order valence-corrected chi connectivity index (χ3v) is 3.35. The predicted octanol–water partition coefficient (Wildman–Crippen LogP) is 5.75. The zero-order valence-electron chi connectivity index (χ0n) is 11.8. The van der Waals surface area contributed by atoms with Gasteiger partial charge in [-0.25, -0.2) is 0 Å². The second-order valence-electron chi connectivity index (χ2n) is 5.05. The Hall–Kier alpha value is -2.64. The van der Waals surface area contributed by atoms with E-state index in [1.165, 1.54) is 24.3 Å². The van der Waals surface area contributed by atoms with Crippen LogP contribution in [-0.2, 0) is 6.18 Å². The van der Waals surface area contributed by atoms with Crippen molar-refractivity contribution in [2.45, 2.75) is 12.5 Å². The van der Waals surface area contributed by atoms with Gasteiger partial charge in [0.05, 0.1) is 5.56 Å². The van der Waals surface area contributed by atoms with Gasteiger partial charge in [-0.15, -0.1) is 13.2 Å². The average molecular weight is 345 g/mol. The van der Waals surface area contributed by atoms with E-state index in [0.29, 0.717) is 22.2 Å². The van der Waals surface area contributed by atoms with Crippen molar-refractivity contribution in [1.29, 1.82) is 0 Å². The molecule has 1 N–H and O–H groups in total. The molecule has 0 aliphatic rings. The molecule has 0 atom stereocenters. The summed E-state index contributed by atoms with van der Waals surface area (Å²) in [7, 11) is 0. The number of alkyl halides is 6. The van der Waals surface area contributed by atoms with Crippen molar-refractivity contribution in [2.75, 3.05) is 0 Å². The lowest BCUT2D eigenvalue weighted by Gasteiger charge is -2.08. The molecule has 0 saturated heterocycles. The van der Waals surface area contributed by atoms with E-state index in [-0.39, 0.29) is 5.75 Å². The zero-order valence-corrected chi connectivity index (χ0v) is 11.8. The summed E-state index contributed by atoms with van der Waals surface area (Å²) < 4.78 is 78.3. The summed E-state index contributed by atoms with van der Waals surface area (Å²) in [6, 6.07) is 9.82. The highest BCUT2D eigenvalue weighted by Gasteiger charge is 2.31. The molecule has 0 unspecified atom stereocenters. The Morgan fingerprint density at radius 1 is 0.792 bits per heavy atom. The van der Waals surface area contributed by atoms with Crippen LogP contribution in [0, 0.1) is 0 Å². The number of halogens is 6. The van der Waals surface area contributed by atoms with Gasteiger partial charge in [-0.05, 0) is 54.1 Å². The Kier molecular flexibility index (Phi) is 3.70. The van der Waals surface area contributed by atoms with Gasteiger partial charge in [0.15, 0.2) is 0 Å². The van der Waals surface area contributed by atoms with Crippen molar-refractivity contribution < 1.29 is 31.1 Å². The molecule has 0 saturated carbocycles. The molecule has 0 spiro atoms. The molecular formula is C16H9F6NO. The summed E-state index contributed by atoms with van der Waals surface area (Å²) in [6.07, 6.45) is -9.22. The molecule has 2 aromatic carbocycles. The Morgan fingerprint density at radius 2 is 1.46 bits per heavy atom. The van der Waals surface area contributed by atoms with E-state index in [0.717, 1.165) is 24.3 Å². The van der Waals surface area contributed by atoms with Gasteiger partial charge in [0.25, 0.3) is 0 Å². The molecule has 0 radical (unpaired) electrons. The summed E-state index contributed by atoms with van der Waals surface area (Å²) >= 11 is 0. The molecule has 3 rings (SSSR count). The number of aromatic nitrogens is 1. The van der Waals surface area contributed by atoms with Gasteiger partial charge in [0, 0.05) is 16.6 Å². The van der Waals surface area contributed by atoms with Gasteiger partial charge in [0.2, 0.25) is 0 Å². The van der Waals surface area contributed by atoms with Gasteiger partial charge in [-0.3, -0.25) is 0 Å². The second kappa shape index (κ2) is 5.47. The molecule has 0 aliphatic carbocycles. The number of rotatable bonds is 2. The lowest BCUT2D eigenvalue weighted by atomic mass is 10.1. The summed E-state index contributed by atoms with van der Waals surface area (Å²) in [5.41, 5.74) is 0.736. The molecule has 1 aromatic heterocycles. The van der Waals surface area contributed by atoms with E-state index in [9.17, 15) is 26.3 Å². The van der Waals surface area contributed by atoms with Gasteiger partial charge >= 0.3 is 12.5 Å². The molecule has 0 bridgehead atoms. The molecule has 3 aromatic rings. The lowest BCUT2D eigenvalue weighted by Crippen LogP contribution is -2.16. The molecule has 0 amide bonds. The molecular weight excluding hydrogens is 336 g/mol. The number of nitrogens with one attached hydrogen (secondary N) is 1. The number of benzene rings is 2. The van der Waals surface area contributed by atoms with Crippen LogP contribution < -0.4 is 4.74 Å². The van der Waals surface area contributed by atoms with Crippen LogP contribution in [-0.4, -0.2) is 11.3 Å². The molecule has 8 heteroatoms. The smallest absolute Gasteiger partial charge is 0.406 e. The Morgan fingerprint density at radius 3 is 2.04 bits per heavy atom. The quantitative estimate of drug-likeness (QED) is 0.588. The molecule has 0 fully saturated rings. The van der Waals surface area contributed by atoms with Gasteiger partial charge < -0.3 is 9.72 Å². The largest absolute Gasteiger partial charge is 0.573 e. The Labute approximate surface area is 131 Å².